The number of nitrogens with zero attached hydrogens (tertiary/aromatic N) is 2. The van der Waals surface area contributed by atoms with Crippen LogP contribution in [0.15, 0.2) is 79.1 Å². The van der Waals surface area contributed by atoms with E-state index in [0.717, 1.165) is 32.9 Å². The van der Waals surface area contributed by atoms with Crippen LogP contribution in [0.25, 0.3) is 21.8 Å². The lowest BCUT2D eigenvalue weighted by molar-refractivity contribution is -0.121. The van der Waals surface area contributed by atoms with Gasteiger partial charge in [0.2, 0.25) is 11.8 Å². The second-order valence-corrected chi connectivity index (χ2v) is 12.2. The number of carbonyl (C=O) groups is 3. The SMILES string of the molecule is O=C(CCc1ccc2c(c1)[nH]c1ccncc12)NCCOCCOCCNC(=O)c1ccc(CN(C(=O)CCl)c2ccc3c(c2)OCCO3)cc1. The number of rotatable bonds is 17. The van der Waals surface area contributed by atoms with E-state index in [9.17, 15) is 14.4 Å². The van der Waals surface area contributed by atoms with Gasteiger partial charge in [0.1, 0.15) is 19.1 Å². The normalized spacial score (nSPS) is 12.2. The zero-order valence-corrected chi connectivity index (χ0v) is 28.9. The summed E-state index contributed by atoms with van der Waals surface area (Å²) in [6, 6.07) is 20.5. The number of fused-ring (bicyclic) bond motifs is 4. The number of ether oxygens (including phenoxy) is 4. The molecular formula is C38H40ClN5O7. The van der Waals surface area contributed by atoms with E-state index in [-0.39, 0.29) is 30.1 Å². The Bertz CT molecular complexity index is 1970. The van der Waals surface area contributed by atoms with Crippen molar-refractivity contribution < 1.29 is 33.3 Å². The van der Waals surface area contributed by atoms with Crippen LogP contribution in [-0.2, 0) is 32.0 Å². The summed E-state index contributed by atoms with van der Waals surface area (Å²) in [6.07, 6.45) is 4.66. The Morgan fingerprint density at radius 3 is 2.33 bits per heavy atom. The van der Waals surface area contributed by atoms with Gasteiger partial charge >= 0.3 is 0 Å². The summed E-state index contributed by atoms with van der Waals surface area (Å²) < 4.78 is 22.4. The van der Waals surface area contributed by atoms with Crippen LogP contribution in [0, 0.1) is 0 Å². The first-order valence-corrected chi connectivity index (χ1v) is 17.4. The summed E-state index contributed by atoms with van der Waals surface area (Å²) in [5.41, 5.74) is 5.14. The Labute approximate surface area is 300 Å². The Kier molecular flexibility index (Phi) is 12.3. The van der Waals surface area contributed by atoms with Gasteiger partial charge in [-0.25, -0.2) is 0 Å². The zero-order chi connectivity index (χ0) is 35.4. The average molecular weight is 714 g/mol. The van der Waals surface area contributed by atoms with Crippen LogP contribution in [0.2, 0.25) is 0 Å². The number of halogens is 1. The van der Waals surface area contributed by atoms with E-state index in [1.807, 2.05) is 12.3 Å². The highest BCUT2D eigenvalue weighted by Crippen LogP contribution is 2.34. The van der Waals surface area contributed by atoms with Crippen LogP contribution in [0.1, 0.15) is 27.9 Å². The number of nitrogens with one attached hydrogen (secondary N) is 3. The molecular weight excluding hydrogens is 674 g/mol. The van der Waals surface area contributed by atoms with E-state index in [4.69, 9.17) is 30.5 Å². The first-order chi connectivity index (χ1) is 25.0. The van der Waals surface area contributed by atoms with Crippen LogP contribution < -0.4 is 25.0 Å². The maximum Gasteiger partial charge on any atom is 0.251 e. The van der Waals surface area contributed by atoms with Gasteiger partial charge in [-0.1, -0.05) is 24.3 Å². The third-order valence-corrected chi connectivity index (χ3v) is 8.62. The fraction of sp³-hybridized carbons (Fsp3) is 0.316. The van der Waals surface area contributed by atoms with Crippen molar-refractivity contribution in [3.63, 3.8) is 0 Å². The molecule has 13 heteroatoms. The molecule has 0 bridgehead atoms. The molecule has 0 spiro atoms. The quantitative estimate of drug-likeness (QED) is 0.0924. The topological polar surface area (TPSA) is 144 Å². The number of pyridine rings is 1. The van der Waals surface area contributed by atoms with Gasteiger partial charge in [-0.3, -0.25) is 19.4 Å². The van der Waals surface area contributed by atoms with Crippen LogP contribution in [0.4, 0.5) is 5.69 Å². The molecule has 1 aliphatic rings. The molecule has 5 aromatic rings. The second kappa shape index (κ2) is 17.7. The van der Waals surface area contributed by atoms with Crippen LogP contribution >= 0.6 is 11.6 Å². The molecule has 0 saturated carbocycles. The number of hydrogen-bond donors (Lipinski definition) is 3. The minimum atomic E-state index is -0.256. The van der Waals surface area contributed by atoms with Crippen molar-refractivity contribution in [3.8, 4) is 11.5 Å². The van der Waals surface area contributed by atoms with Crippen molar-refractivity contribution in [2.75, 3.05) is 63.5 Å². The fourth-order valence-corrected chi connectivity index (χ4v) is 5.90. The zero-order valence-electron chi connectivity index (χ0n) is 28.1. The van der Waals surface area contributed by atoms with E-state index in [1.165, 1.54) is 0 Å². The Balaban J connectivity index is 0.820. The molecule has 0 saturated heterocycles. The van der Waals surface area contributed by atoms with Gasteiger partial charge in [-0.05, 0) is 53.9 Å². The minimum Gasteiger partial charge on any atom is -0.486 e. The van der Waals surface area contributed by atoms with Crippen molar-refractivity contribution in [3.05, 3.63) is 95.8 Å². The summed E-state index contributed by atoms with van der Waals surface area (Å²) in [6.45, 7) is 3.41. The largest absolute Gasteiger partial charge is 0.486 e. The number of carbonyl (C=O) groups excluding carboxylic acids is 3. The highest BCUT2D eigenvalue weighted by molar-refractivity contribution is 6.29. The van der Waals surface area contributed by atoms with Crippen molar-refractivity contribution >= 4 is 56.8 Å². The number of aromatic amines is 1. The summed E-state index contributed by atoms with van der Waals surface area (Å²) in [5.74, 6) is 0.532. The summed E-state index contributed by atoms with van der Waals surface area (Å²) in [7, 11) is 0. The summed E-state index contributed by atoms with van der Waals surface area (Å²) in [4.78, 5) is 46.8. The smallest absolute Gasteiger partial charge is 0.251 e. The third-order valence-electron chi connectivity index (χ3n) is 8.39. The maximum absolute atomic E-state index is 12.7. The molecule has 0 fully saturated rings. The molecule has 1 aliphatic heterocycles. The van der Waals surface area contributed by atoms with Gasteiger partial charge in [0.05, 0.1) is 33.0 Å². The van der Waals surface area contributed by atoms with Crippen molar-refractivity contribution in [1.29, 1.82) is 0 Å². The number of H-pyrrole nitrogens is 1. The van der Waals surface area contributed by atoms with Gasteiger partial charge < -0.3 is 39.5 Å². The number of aryl methyl sites for hydroxylation is 1. The van der Waals surface area contributed by atoms with E-state index >= 15 is 0 Å². The molecule has 0 unspecified atom stereocenters. The van der Waals surface area contributed by atoms with Gasteiger partial charge in [-0.2, -0.15) is 0 Å². The van der Waals surface area contributed by atoms with Crippen molar-refractivity contribution in [1.82, 2.24) is 20.6 Å². The molecule has 12 nitrogen and oxygen atoms in total. The molecule has 3 heterocycles. The van der Waals surface area contributed by atoms with E-state index in [0.29, 0.717) is 88.3 Å². The Morgan fingerprint density at radius 2 is 1.55 bits per heavy atom. The molecule has 3 amide bonds. The number of aromatic nitrogens is 2. The van der Waals surface area contributed by atoms with E-state index in [1.54, 1.807) is 53.6 Å². The Morgan fingerprint density at radius 1 is 0.804 bits per heavy atom. The highest BCUT2D eigenvalue weighted by atomic mass is 35.5. The van der Waals surface area contributed by atoms with Crippen molar-refractivity contribution in [2.24, 2.45) is 0 Å². The number of hydrogen-bond acceptors (Lipinski definition) is 8. The summed E-state index contributed by atoms with van der Waals surface area (Å²) >= 11 is 5.91. The molecule has 3 N–H and O–H groups in total. The molecule has 266 valence electrons. The van der Waals surface area contributed by atoms with E-state index in [2.05, 4.69) is 38.8 Å². The molecule has 0 aliphatic carbocycles. The first-order valence-electron chi connectivity index (χ1n) is 16.9. The lowest BCUT2D eigenvalue weighted by atomic mass is 10.1. The lowest BCUT2D eigenvalue weighted by Crippen LogP contribution is -2.31. The molecule has 3 aromatic carbocycles. The number of alkyl halides is 1. The van der Waals surface area contributed by atoms with Gasteiger partial charge in [-0.15, -0.1) is 11.6 Å². The number of amides is 3. The number of anilines is 1. The molecule has 2 aromatic heterocycles. The maximum atomic E-state index is 12.7. The second-order valence-electron chi connectivity index (χ2n) is 11.9. The van der Waals surface area contributed by atoms with E-state index < -0.39 is 0 Å². The summed E-state index contributed by atoms with van der Waals surface area (Å²) in [5, 5.41) is 7.94. The van der Waals surface area contributed by atoms with Crippen LogP contribution in [-0.4, -0.2) is 86.3 Å². The molecule has 6 rings (SSSR count). The molecule has 51 heavy (non-hydrogen) atoms. The first kappa shape index (κ1) is 35.6. The van der Waals surface area contributed by atoms with Crippen LogP contribution in [0.5, 0.6) is 11.5 Å². The predicted molar refractivity (Wildman–Crippen MR) is 195 cm³/mol. The average Bonchev–Trinajstić information content (AvgIpc) is 3.54. The third kappa shape index (κ3) is 9.54. The standard InChI is InChI=1S/C38H40ClN5O7/c39-23-37(46)44(29-7-9-34-35(22-29)51-20-19-50-34)25-27-1-5-28(6-2-27)38(47)42-14-16-49-18-17-48-15-13-41-36(45)10-4-26-3-8-30-31-24-40-12-11-32(31)43-33(30)21-26/h1-3,5-9,11-12,21-22,24,43H,4,10,13-20,23,25H2,(H,41,45)(H,42,47). The monoisotopic (exact) mass is 713 g/mol. The van der Waals surface area contributed by atoms with Gasteiger partial charge in [0.25, 0.3) is 5.91 Å². The predicted octanol–water partition coefficient (Wildman–Crippen LogP) is 4.77. The molecule has 0 atom stereocenters. The fourth-order valence-electron chi connectivity index (χ4n) is 5.76. The van der Waals surface area contributed by atoms with Gasteiger partial charge in [0, 0.05) is 71.0 Å². The lowest BCUT2D eigenvalue weighted by Gasteiger charge is -2.25. The number of benzene rings is 3. The van der Waals surface area contributed by atoms with Crippen LogP contribution in [0.3, 0.4) is 0 Å². The minimum absolute atomic E-state index is 0.0267. The highest BCUT2D eigenvalue weighted by Gasteiger charge is 2.20. The molecule has 0 radical (unpaired) electrons. The Hall–Kier alpha value is -5.17. The van der Waals surface area contributed by atoms with Gasteiger partial charge in [0.15, 0.2) is 11.5 Å². The van der Waals surface area contributed by atoms with Crippen molar-refractivity contribution in [2.45, 2.75) is 19.4 Å².